The summed E-state index contributed by atoms with van der Waals surface area (Å²) in [6.07, 6.45) is 5.32. The second-order valence-corrected chi connectivity index (χ2v) is 7.53. The lowest BCUT2D eigenvalue weighted by Crippen LogP contribution is -2.44. The highest BCUT2D eigenvalue weighted by atomic mass is 16.2. The van der Waals surface area contributed by atoms with Gasteiger partial charge in [0, 0.05) is 31.4 Å². The van der Waals surface area contributed by atoms with Gasteiger partial charge in [0.1, 0.15) is 0 Å². The van der Waals surface area contributed by atoms with E-state index in [9.17, 15) is 9.59 Å². The molecule has 0 radical (unpaired) electrons. The van der Waals surface area contributed by atoms with E-state index >= 15 is 0 Å². The van der Waals surface area contributed by atoms with Gasteiger partial charge in [-0.2, -0.15) is 0 Å². The van der Waals surface area contributed by atoms with Crippen molar-refractivity contribution in [2.75, 3.05) is 32.0 Å². The van der Waals surface area contributed by atoms with Crippen molar-refractivity contribution in [2.24, 2.45) is 11.3 Å². The molecule has 0 spiro atoms. The summed E-state index contributed by atoms with van der Waals surface area (Å²) in [7, 11) is 1.83. The Labute approximate surface area is 142 Å². The Bertz CT molecular complexity index is 687. The number of carbonyl (C=O) groups is 2. The first-order valence-corrected chi connectivity index (χ1v) is 9.01. The summed E-state index contributed by atoms with van der Waals surface area (Å²) in [6.45, 7) is 2.48. The number of nitrogens with zero attached hydrogens (tertiary/aromatic N) is 1. The number of fused-ring (bicyclic) bond motifs is 2. The molecule has 4 rings (SSSR count). The third-order valence-corrected chi connectivity index (χ3v) is 6.15. The number of anilines is 1. The van der Waals surface area contributed by atoms with Crippen LogP contribution < -0.4 is 10.6 Å². The summed E-state index contributed by atoms with van der Waals surface area (Å²) in [5.41, 5.74) is 2.28. The topological polar surface area (TPSA) is 61.4 Å². The molecule has 24 heavy (non-hydrogen) atoms. The first-order chi connectivity index (χ1) is 11.6. The zero-order chi connectivity index (χ0) is 16.7. The molecule has 3 aliphatic rings. The molecular formula is C19H25N3O2. The van der Waals surface area contributed by atoms with Crippen LogP contribution in [0, 0.1) is 11.3 Å². The number of hydrogen-bond acceptors (Lipinski definition) is 3. The van der Waals surface area contributed by atoms with Crippen LogP contribution in [-0.4, -0.2) is 43.4 Å². The molecule has 2 amide bonds. The van der Waals surface area contributed by atoms with Crippen LogP contribution in [0.25, 0.3) is 0 Å². The van der Waals surface area contributed by atoms with Crippen molar-refractivity contribution >= 4 is 17.5 Å². The lowest BCUT2D eigenvalue weighted by Gasteiger charge is -2.37. The summed E-state index contributed by atoms with van der Waals surface area (Å²) < 4.78 is 0. The minimum atomic E-state index is -0.269. The van der Waals surface area contributed by atoms with Gasteiger partial charge in [-0.3, -0.25) is 9.59 Å². The maximum atomic E-state index is 13.0. The van der Waals surface area contributed by atoms with E-state index in [0.717, 1.165) is 62.1 Å². The predicted molar refractivity (Wildman–Crippen MR) is 93.0 cm³/mol. The van der Waals surface area contributed by atoms with Gasteiger partial charge in [0.2, 0.25) is 5.91 Å². The Hall–Kier alpha value is -1.88. The maximum Gasteiger partial charge on any atom is 0.253 e. The Morgan fingerprint density at radius 2 is 2.25 bits per heavy atom. The lowest BCUT2D eigenvalue weighted by atomic mass is 9.67. The molecule has 0 bridgehead atoms. The van der Waals surface area contributed by atoms with Crippen LogP contribution in [0.2, 0.25) is 0 Å². The number of rotatable bonds is 2. The second-order valence-electron chi connectivity index (χ2n) is 7.53. The van der Waals surface area contributed by atoms with E-state index in [1.54, 1.807) is 4.90 Å². The van der Waals surface area contributed by atoms with Gasteiger partial charge in [0.15, 0.2) is 0 Å². The summed E-state index contributed by atoms with van der Waals surface area (Å²) in [5.74, 6) is 0.606. The third kappa shape index (κ3) is 2.42. The van der Waals surface area contributed by atoms with Gasteiger partial charge in [0.25, 0.3) is 5.91 Å². The van der Waals surface area contributed by atoms with E-state index < -0.39 is 0 Å². The standard InChI is InChI=1S/C19H25N3O2/c1-22-9-7-13-5-6-15(10-16(13)17(22)23)21-18(24)19-8-3-2-4-14(19)11-20-12-19/h5-6,10,14,20H,2-4,7-9,11-12H2,1H3,(H,21,24)/t14-,19+/m0/s1. The molecular weight excluding hydrogens is 302 g/mol. The van der Waals surface area contributed by atoms with Gasteiger partial charge in [-0.1, -0.05) is 18.9 Å². The van der Waals surface area contributed by atoms with Gasteiger partial charge in [-0.25, -0.2) is 0 Å². The predicted octanol–water partition coefficient (Wildman–Crippen LogP) is 2.03. The van der Waals surface area contributed by atoms with Crippen LogP contribution >= 0.6 is 0 Å². The van der Waals surface area contributed by atoms with E-state index in [2.05, 4.69) is 10.6 Å². The molecule has 0 unspecified atom stereocenters. The summed E-state index contributed by atoms with van der Waals surface area (Å²) in [6, 6.07) is 5.77. The van der Waals surface area contributed by atoms with Crippen LogP contribution in [0.15, 0.2) is 18.2 Å². The van der Waals surface area contributed by atoms with E-state index in [1.807, 2.05) is 25.2 Å². The first-order valence-electron chi connectivity index (χ1n) is 9.01. The highest BCUT2D eigenvalue weighted by Gasteiger charge is 2.49. The summed E-state index contributed by atoms with van der Waals surface area (Å²) in [5, 5.41) is 6.52. The number of amides is 2. The molecule has 5 heteroatoms. The normalized spacial score (nSPS) is 29.1. The highest BCUT2D eigenvalue weighted by Crippen LogP contribution is 2.44. The van der Waals surface area contributed by atoms with Crippen molar-refractivity contribution in [3.05, 3.63) is 29.3 Å². The molecule has 128 valence electrons. The molecule has 0 aromatic heterocycles. The zero-order valence-corrected chi connectivity index (χ0v) is 14.2. The quantitative estimate of drug-likeness (QED) is 0.874. The molecule has 1 aromatic rings. The molecule has 1 saturated carbocycles. The van der Waals surface area contributed by atoms with Crippen LogP contribution in [-0.2, 0) is 11.2 Å². The average molecular weight is 327 g/mol. The van der Waals surface area contributed by atoms with Crippen LogP contribution in [0.1, 0.15) is 41.6 Å². The van der Waals surface area contributed by atoms with Crippen molar-refractivity contribution in [1.29, 1.82) is 0 Å². The molecule has 2 N–H and O–H groups in total. The van der Waals surface area contributed by atoms with Crippen molar-refractivity contribution in [2.45, 2.75) is 32.1 Å². The molecule has 1 aromatic carbocycles. The number of carbonyl (C=O) groups excluding carboxylic acids is 2. The Morgan fingerprint density at radius 3 is 3.12 bits per heavy atom. The maximum absolute atomic E-state index is 13.0. The number of benzene rings is 1. The average Bonchev–Trinajstić information content (AvgIpc) is 3.04. The second kappa shape index (κ2) is 5.88. The molecule has 2 aliphatic heterocycles. The van der Waals surface area contributed by atoms with E-state index in [1.165, 1.54) is 6.42 Å². The summed E-state index contributed by atoms with van der Waals surface area (Å²) >= 11 is 0. The SMILES string of the molecule is CN1CCc2ccc(NC(=O)[C@@]34CCCC[C@H]3CNC4)cc2C1=O. The van der Waals surface area contributed by atoms with Crippen LogP contribution in [0.3, 0.4) is 0 Å². The fourth-order valence-electron chi connectivity index (χ4n) is 4.61. The molecule has 2 atom stereocenters. The van der Waals surface area contributed by atoms with Gasteiger partial charge >= 0.3 is 0 Å². The Balaban J connectivity index is 1.57. The van der Waals surface area contributed by atoms with Gasteiger partial charge in [0.05, 0.1) is 5.41 Å². The Kier molecular flexibility index (Phi) is 3.83. The molecule has 2 heterocycles. The molecule has 2 fully saturated rings. The largest absolute Gasteiger partial charge is 0.341 e. The van der Waals surface area contributed by atoms with Gasteiger partial charge < -0.3 is 15.5 Å². The molecule has 1 saturated heterocycles. The number of nitrogens with one attached hydrogen (secondary N) is 2. The van der Waals surface area contributed by atoms with Gasteiger partial charge in [-0.15, -0.1) is 0 Å². The minimum Gasteiger partial charge on any atom is -0.341 e. The number of likely N-dealkylation sites (N-methyl/N-ethyl adjacent to an activating group) is 1. The monoisotopic (exact) mass is 327 g/mol. The van der Waals surface area contributed by atoms with Crippen molar-refractivity contribution < 1.29 is 9.59 Å². The fraction of sp³-hybridized carbons (Fsp3) is 0.579. The van der Waals surface area contributed by atoms with E-state index in [4.69, 9.17) is 0 Å². The van der Waals surface area contributed by atoms with Crippen molar-refractivity contribution in [1.82, 2.24) is 10.2 Å². The number of hydrogen-bond donors (Lipinski definition) is 2. The smallest absolute Gasteiger partial charge is 0.253 e. The van der Waals surface area contributed by atoms with E-state index in [-0.39, 0.29) is 17.2 Å². The fourth-order valence-corrected chi connectivity index (χ4v) is 4.61. The van der Waals surface area contributed by atoms with Crippen molar-refractivity contribution in [3.63, 3.8) is 0 Å². The highest BCUT2D eigenvalue weighted by molar-refractivity contribution is 6.00. The first kappa shape index (κ1) is 15.6. The third-order valence-electron chi connectivity index (χ3n) is 6.15. The molecule has 1 aliphatic carbocycles. The van der Waals surface area contributed by atoms with Crippen LogP contribution in [0.5, 0.6) is 0 Å². The lowest BCUT2D eigenvalue weighted by molar-refractivity contribution is -0.128. The minimum absolute atomic E-state index is 0.0450. The van der Waals surface area contributed by atoms with E-state index in [0.29, 0.717) is 5.92 Å². The van der Waals surface area contributed by atoms with Crippen LogP contribution in [0.4, 0.5) is 5.69 Å². The summed E-state index contributed by atoms with van der Waals surface area (Å²) in [4.78, 5) is 27.1. The van der Waals surface area contributed by atoms with Gasteiger partial charge in [-0.05, 0) is 49.4 Å². The Morgan fingerprint density at radius 1 is 1.38 bits per heavy atom. The van der Waals surface area contributed by atoms with Crippen molar-refractivity contribution in [3.8, 4) is 0 Å². The molecule has 5 nitrogen and oxygen atoms in total. The zero-order valence-electron chi connectivity index (χ0n) is 14.2.